The van der Waals surface area contributed by atoms with Gasteiger partial charge in [0.25, 0.3) is 0 Å². The summed E-state index contributed by atoms with van der Waals surface area (Å²) < 4.78 is 0. The van der Waals surface area contributed by atoms with Crippen LogP contribution in [0.2, 0.25) is 0 Å². The number of aryl methyl sites for hydroxylation is 2. The Kier molecular flexibility index (Phi) is 6.05. The Balaban J connectivity index is 2.24. The van der Waals surface area contributed by atoms with E-state index in [0.717, 1.165) is 29.2 Å². The number of hydrogen-bond acceptors (Lipinski definition) is 2. The van der Waals surface area contributed by atoms with Crippen molar-refractivity contribution >= 4 is 29.1 Å². The topological polar surface area (TPSA) is 15.6 Å². The Morgan fingerprint density at radius 3 is 2.57 bits per heavy atom. The standard InChI is InChI=1S/C20H24N2S/c1-5-16-13-18(21-6-2)11-12-19(16)20(23)22(4)14-17-10-8-7-9-15(17)3/h6-13H,5,14H2,1-4H3. The first-order valence-corrected chi connectivity index (χ1v) is 8.39. The molecule has 0 heterocycles. The summed E-state index contributed by atoms with van der Waals surface area (Å²) in [6, 6.07) is 14.7. The van der Waals surface area contributed by atoms with Crippen LogP contribution in [0.15, 0.2) is 47.5 Å². The van der Waals surface area contributed by atoms with Gasteiger partial charge in [-0.05, 0) is 55.2 Å². The van der Waals surface area contributed by atoms with E-state index in [-0.39, 0.29) is 0 Å². The van der Waals surface area contributed by atoms with Crippen molar-refractivity contribution in [1.29, 1.82) is 0 Å². The third-order valence-corrected chi connectivity index (χ3v) is 4.53. The van der Waals surface area contributed by atoms with Crippen molar-refractivity contribution < 1.29 is 0 Å². The summed E-state index contributed by atoms with van der Waals surface area (Å²) in [6.45, 7) is 7.05. The van der Waals surface area contributed by atoms with Gasteiger partial charge in [0.05, 0.1) is 5.69 Å². The first-order chi connectivity index (χ1) is 11.1. The molecule has 0 bridgehead atoms. The van der Waals surface area contributed by atoms with Crippen molar-refractivity contribution in [3.63, 3.8) is 0 Å². The van der Waals surface area contributed by atoms with Crippen LogP contribution in [0, 0.1) is 6.92 Å². The van der Waals surface area contributed by atoms with E-state index in [1.54, 1.807) is 0 Å². The SMILES string of the molecule is CC=Nc1ccc(C(=S)N(C)Cc2ccccc2C)c(CC)c1. The molecule has 0 aliphatic rings. The Hall–Kier alpha value is -2.00. The maximum Gasteiger partial charge on any atom is 0.109 e. The number of thiocarbonyl (C=S) groups is 1. The van der Waals surface area contributed by atoms with Crippen molar-refractivity contribution in [2.24, 2.45) is 4.99 Å². The molecule has 2 aromatic rings. The van der Waals surface area contributed by atoms with Gasteiger partial charge in [0, 0.05) is 25.4 Å². The van der Waals surface area contributed by atoms with Crippen LogP contribution < -0.4 is 0 Å². The largest absolute Gasteiger partial charge is 0.361 e. The van der Waals surface area contributed by atoms with Crippen LogP contribution in [-0.4, -0.2) is 23.2 Å². The van der Waals surface area contributed by atoms with Gasteiger partial charge in [-0.3, -0.25) is 4.99 Å². The highest BCUT2D eigenvalue weighted by Crippen LogP contribution is 2.21. The zero-order valence-electron chi connectivity index (χ0n) is 14.3. The third kappa shape index (κ3) is 4.26. The fourth-order valence-corrected chi connectivity index (χ4v) is 2.89. The van der Waals surface area contributed by atoms with E-state index in [0.29, 0.717) is 0 Å². The lowest BCUT2D eigenvalue weighted by molar-refractivity contribution is 0.509. The molecule has 0 fully saturated rings. The van der Waals surface area contributed by atoms with E-state index in [1.807, 2.05) is 19.2 Å². The highest BCUT2D eigenvalue weighted by Gasteiger charge is 2.13. The van der Waals surface area contributed by atoms with Crippen LogP contribution in [0.1, 0.15) is 36.1 Å². The molecule has 0 aromatic heterocycles. The highest BCUT2D eigenvalue weighted by atomic mass is 32.1. The van der Waals surface area contributed by atoms with Crippen LogP contribution in [0.25, 0.3) is 0 Å². The highest BCUT2D eigenvalue weighted by molar-refractivity contribution is 7.80. The van der Waals surface area contributed by atoms with Crippen molar-refractivity contribution in [2.75, 3.05) is 7.05 Å². The monoisotopic (exact) mass is 324 g/mol. The molecular formula is C20H24N2S. The molecule has 0 saturated heterocycles. The molecular weight excluding hydrogens is 300 g/mol. The molecule has 3 heteroatoms. The third-order valence-electron chi connectivity index (χ3n) is 3.99. The summed E-state index contributed by atoms with van der Waals surface area (Å²) in [4.78, 5) is 7.39. The average Bonchev–Trinajstić information content (AvgIpc) is 2.56. The molecule has 2 aromatic carbocycles. The molecule has 2 nitrogen and oxygen atoms in total. The summed E-state index contributed by atoms with van der Waals surface area (Å²) in [5, 5.41) is 0. The molecule has 23 heavy (non-hydrogen) atoms. The smallest absolute Gasteiger partial charge is 0.109 e. The van der Waals surface area contributed by atoms with Crippen LogP contribution in [0.5, 0.6) is 0 Å². The van der Waals surface area contributed by atoms with Gasteiger partial charge in [-0.1, -0.05) is 43.4 Å². The lowest BCUT2D eigenvalue weighted by Crippen LogP contribution is -2.26. The molecule has 0 radical (unpaired) electrons. The maximum atomic E-state index is 5.73. The van der Waals surface area contributed by atoms with Gasteiger partial charge in [-0.25, -0.2) is 0 Å². The molecule has 0 aliphatic carbocycles. The van der Waals surface area contributed by atoms with E-state index >= 15 is 0 Å². The second kappa shape index (κ2) is 8.02. The number of nitrogens with zero attached hydrogens (tertiary/aromatic N) is 2. The first-order valence-electron chi connectivity index (χ1n) is 7.98. The molecule has 0 saturated carbocycles. The van der Waals surface area contributed by atoms with E-state index in [4.69, 9.17) is 12.2 Å². The van der Waals surface area contributed by atoms with Gasteiger partial charge in [-0.15, -0.1) is 0 Å². The fraction of sp³-hybridized carbons (Fsp3) is 0.300. The second-order valence-corrected chi connectivity index (χ2v) is 6.06. The minimum atomic E-state index is 0.823. The van der Waals surface area contributed by atoms with E-state index in [1.165, 1.54) is 16.7 Å². The Bertz CT molecular complexity index is 719. The Morgan fingerprint density at radius 1 is 1.17 bits per heavy atom. The van der Waals surface area contributed by atoms with Crippen LogP contribution >= 0.6 is 12.2 Å². The van der Waals surface area contributed by atoms with Crippen molar-refractivity contribution in [3.05, 3.63) is 64.7 Å². The molecule has 120 valence electrons. The summed E-state index contributed by atoms with van der Waals surface area (Å²) >= 11 is 5.73. The minimum absolute atomic E-state index is 0.823. The number of benzene rings is 2. The van der Waals surface area contributed by atoms with E-state index in [2.05, 4.69) is 67.2 Å². The fourth-order valence-electron chi connectivity index (χ4n) is 2.63. The van der Waals surface area contributed by atoms with Gasteiger partial charge < -0.3 is 4.90 Å². The summed E-state index contributed by atoms with van der Waals surface area (Å²) in [6.07, 6.45) is 2.76. The van der Waals surface area contributed by atoms with Crippen LogP contribution in [0.4, 0.5) is 5.69 Å². The molecule has 0 aliphatic heterocycles. The summed E-state index contributed by atoms with van der Waals surface area (Å²) in [5.41, 5.74) is 5.97. The predicted octanol–water partition coefficient (Wildman–Crippen LogP) is 5.09. The Morgan fingerprint density at radius 2 is 1.91 bits per heavy atom. The molecule has 0 atom stereocenters. The summed E-state index contributed by atoms with van der Waals surface area (Å²) in [7, 11) is 2.06. The average molecular weight is 324 g/mol. The van der Waals surface area contributed by atoms with E-state index in [9.17, 15) is 0 Å². The van der Waals surface area contributed by atoms with Gasteiger partial charge >= 0.3 is 0 Å². The molecule has 0 unspecified atom stereocenters. The minimum Gasteiger partial charge on any atom is -0.361 e. The van der Waals surface area contributed by atoms with Gasteiger partial charge in [-0.2, -0.15) is 0 Å². The van der Waals surface area contributed by atoms with Gasteiger partial charge in [0.15, 0.2) is 0 Å². The lowest BCUT2D eigenvalue weighted by atomic mass is 10.0. The zero-order valence-corrected chi connectivity index (χ0v) is 15.2. The normalized spacial score (nSPS) is 11.0. The first kappa shape index (κ1) is 17.4. The van der Waals surface area contributed by atoms with Crippen LogP contribution in [-0.2, 0) is 13.0 Å². The Labute approximate surface area is 144 Å². The molecule has 2 rings (SSSR count). The van der Waals surface area contributed by atoms with Crippen molar-refractivity contribution in [3.8, 4) is 0 Å². The molecule has 0 N–H and O–H groups in total. The van der Waals surface area contributed by atoms with E-state index < -0.39 is 0 Å². The predicted molar refractivity (Wildman–Crippen MR) is 104 cm³/mol. The molecule has 0 spiro atoms. The van der Waals surface area contributed by atoms with Gasteiger partial charge in [0.1, 0.15) is 4.99 Å². The van der Waals surface area contributed by atoms with Crippen molar-refractivity contribution in [2.45, 2.75) is 33.7 Å². The van der Waals surface area contributed by atoms with Crippen LogP contribution in [0.3, 0.4) is 0 Å². The quantitative estimate of drug-likeness (QED) is 0.562. The van der Waals surface area contributed by atoms with Crippen molar-refractivity contribution in [1.82, 2.24) is 4.90 Å². The maximum absolute atomic E-state index is 5.73. The molecule has 0 amide bonds. The number of aliphatic imine (C=N–C) groups is 1. The number of rotatable bonds is 5. The summed E-state index contributed by atoms with van der Waals surface area (Å²) in [5.74, 6) is 0. The lowest BCUT2D eigenvalue weighted by Gasteiger charge is -2.23. The number of hydrogen-bond donors (Lipinski definition) is 0. The second-order valence-electron chi connectivity index (χ2n) is 5.67. The zero-order chi connectivity index (χ0) is 16.8. The van der Waals surface area contributed by atoms with Gasteiger partial charge in [0.2, 0.25) is 0 Å².